The van der Waals surface area contributed by atoms with E-state index in [-0.39, 0.29) is 29.7 Å². The average molecular weight is 542 g/mol. The third kappa shape index (κ3) is 7.14. The van der Waals surface area contributed by atoms with Crippen LogP contribution in [0.5, 0.6) is 46.0 Å². The smallest absolute Gasteiger partial charge is 0.246 e. The fourth-order valence-corrected chi connectivity index (χ4v) is 3.59. The van der Waals surface area contributed by atoms with Crippen molar-refractivity contribution in [2.24, 2.45) is 5.73 Å². The molecular formula is C26H27N3O10. The molecule has 0 radical (unpaired) electrons. The number of benzene rings is 3. The molecule has 206 valence electrons. The van der Waals surface area contributed by atoms with Gasteiger partial charge < -0.3 is 57.2 Å². The van der Waals surface area contributed by atoms with Crippen LogP contribution in [-0.4, -0.2) is 64.8 Å². The molecule has 39 heavy (non-hydrogen) atoms. The van der Waals surface area contributed by atoms with E-state index >= 15 is 0 Å². The van der Waals surface area contributed by atoms with E-state index in [1.165, 1.54) is 24.3 Å². The minimum absolute atomic E-state index is 0.0530. The monoisotopic (exact) mass is 541 g/mol. The molecule has 0 spiro atoms. The van der Waals surface area contributed by atoms with Gasteiger partial charge in [0.1, 0.15) is 6.04 Å². The van der Waals surface area contributed by atoms with Gasteiger partial charge in [-0.2, -0.15) is 0 Å². The van der Waals surface area contributed by atoms with Crippen LogP contribution in [0.4, 0.5) is 0 Å². The molecule has 2 atom stereocenters. The summed E-state index contributed by atoms with van der Waals surface area (Å²) in [6.07, 6.45) is 2.14. The first kappa shape index (κ1) is 28.3. The van der Waals surface area contributed by atoms with Gasteiger partial charge in [0.25, 0.3) is 0 Å². The number of hydrogen-bond acceptors (Lipinski definition) is 11. The van der Waals surface area contributed by atoms with Crippen molar-refractivity contribution in [1.82, 2.24) is 10.6 Å². The summed E-state index contributed by atoms with van der Waals surface area (Å²) in [5, 5.41) is 81.9. The number of carbonyl (C=O) groups excluding carboxylic acids is 2. The van der Waals surface area contributed by atoms with Crippen LogP contribution in [0.3, 0.4) is 0 Å². The van der Waals surface area contributed by atoms with E-state index in [0.717, 1.165) is 30.5 Å². The number of aromatic hydroxyl groups is 8. The van der Waals surface area contributed by atoms with E-state index in [1.807, 2.05) is 0 Å². The van der Waals surface area contributed by atoms with Gasteiger partial charge in [0.2, 0.25) is 11.8 Å². The Morgan fingerprint density at radius 1 is 0.692 bits per heavy atom. The minimum Gasteiger partial charge on any atom is -0.504 e. The lowest BCUT2D eigenvalue weighted by molar-refractivity contribution is -0.129. The van der Waals surface area contributed by atoms with E-state index in [0.29, 0.717) is 5.56 Å². The molecule has 0 bridgehead atoms. The lowest BCUT2D eigenvalue weighted by atomic mass is 10.0. The Bertz CT molecular complexity index is 1380. The lowest BCUT2D eigenvalue weighted by Crippen LogP contribution is -2.52. The SMILES string of the molecule is NC(Cc1ccc(O)c(O)c1)C(=O)NC(Cc1cc(O)c(O)c(O)c1)C(=O)NC=Cc1cc(O)c(O)c(O)c1. The van der Waals surface area contributed by atoms with Gasteiger partial charge in [-0.3, -0.25) is 9.59 Å². The van der Waals surface area contributed by atoms with Crippen molar-refractivity contribution >= 4 is 17.9 Å². The van der Waals surface area contributed by atoms with Gasteiger partial charge in [0, 0.05) is 12.6 Å². The molecule has 3 aromatic rings. The van der Waals surface area contributed by atoms with Gasteiger partial charge in [-0.05, 0) is 65.6 Å². The quantitative estimate of drug-likeness (QED) is 0.168. The molecular weight excluding hydrogens is 514 g/mol. The van der Waals surface area contributed by atoms with Crippen molar-refractivity contribution in [1.29, 1.82) is 0 Å². The second-order valence-corrected chi connectivity index (χ2v) is 8.63. The molecule has 0 saturated heterocycles. The average Bonchev–Trinajstić information content (AvgIpc) is 2.87. The molecule has 3 rings (SSSR count). The van der Waals surface area contributed by atoms with Crippen molar-refractivity contribution in [2.75, 3.05) is 0 Å². The summed E-state index contributed by atoms with van der Waals surface area (Å²) in [5.41, 5.74) is 6.81. The highest BCUT2D eigenvalue weighted by Gasteiger charge is 2.25. The van der Waals surface area contributed by atoms with Crippen LogP contribution in [0.25, 0.3) is 6.08 Å². The molecule has 3 aromatic carbocycles. The van der Waals surface area contributed by atoms with Crippen molar-refractivity contribution in [3.05, 3.63) is 65.4 Å². The highest BCUT2D eigenvalue weighted by Crippen LogP contribution is 2.36. The van der Waals surface area contributed by atoms with Crippen LogP contribution in [-0.2, 0) is 22.4 Å². The summed E-state index contributed by atoms with van der Waals surface area (Å²) >= 11 is 0. The summed E-state index contributed by atoms with van der Waals surface area (Å²) < 4.78 is 0. The first-order valence-corrected chi connectivity index (χ1v) is 11.4. The van der Waals surface area contributed by atoms with E-state index in [2.05, 4.69) is 10.6 Å². The molecule has 13 nitrogen and oxygen atoms in total. The second kappa shape index (κ2) is 11.8. The number of amides is 2. The van der Waals surface area contributed by atoms with Gasteiger partial charge in [0.05, 0.1) is 6.04 Å². The highest BCUT2D eigenvalue weighted by atomic mass is 16.3. The molecule has 0 aliphatic rings. The molecule has 0 aromatic heterocycles. The summed E-state index contributed by atoms with van der Waals surface area (Å²) in [6.45, 7) is 0. The summed E-state index contributed by atoms with van der Waals surface area (Å²) in [4.78, 5) is 25.8. The fourth-order valence-electron chi connectivity index (χ4n) is 3.59. The maximum Gasteiger partial charge on any atom is 0.246 e. The Morgan fingerprint density at radius 2 is 1.23 bits per heavy atom. The van der Waals surface area contributed by atoms with Crippen molar-refractivity contribution < 1.29 is 50.4 Å². The van der Waals surface area contributed by atoms with Crippen molar-refractivity contribution in [3.63, 3.8) is 0 Å². The number of hydrogen-bond donors (Lipinski definition) is 11. The Morgan fingerprint density at radius 3 is 1.79 bits per heavy atom. The van der Waals surface area contributed by atoms with Gasteiger partial charge in [0.15, 0.2) is 46.0 Å². The Balaban J connectivity index is 1.78. The predicted octanol–water partition coefficient (Wildman–Crippen LogP) is 0.716. The molecule has 0 aliphatic heterocycles. The van der Waals surface area contributed by atoms with Crippen LogP contribution >= 0.6 is 0 Å². The summed E-state index contributed by atoms with van der Waals surface area (Å²) in [7, 11) is 0. The third-order valence-corrected chi connectivity index (χ3v) is 5.63. The third-order valence-electron chi connectivity index (χ3n) is 5.63. The maximum absolute atomic E-state index is 13.0. The number of carbonyl (C=O) groups is 2. The first-order valence-electron chi connectivity index (χ1n) is 11.4. The number of phenols is 8. The van der Waals surface area contributed by atoms with Crippen molar-refractivity contribution in [3.8, 4) is 46.0 Å². The summed E-state index contributed by atoms with van der Waals surface area (Å²) in [6, 6.07) is 5.89. The number of phenolic OH excluding ortho intramolecular Hbond substituents is 8. The zero-order valence-electron chi connectivity index (χ0n) is 20.2. The van der Waals surface area contributed by atoms with E-state index in [1.54, 1.807) is 0 Å². The Hall–Kier alpha value is -5.30. The van der Waals surface area contributed by atoms with Gasteiger partial charge in [-0.1, -0.05) is 6.07 Å². The van der Waals surface area contributed by atoms with Gasteiger partial charge in [-0.25, -0.2) is 0 Å². The standard InChI is InChI=1S/C26H27N3O10/c27-15(5-12-1-2-17(30)18(31)7-12)25(38)29-16(6-14-10-21(34)24(37)22(35)11-14)26(39)28-4-3-13-8-19(32)23(36)20(33)9-13/h1-4,7-11,15-16,30-37H,5-6,27H2,(H,28,39)(H,29,38). The minimum atomic E-state index is -1.30. The number of rotatable bonds is 9. The lowest BCUT2D eigenvalue weighted by Gasteiger charge is -2.21. The zero-order valence-corrected chi connectivity index (χ0v) is 20.2. The van der Waals surface area contributed by atoms with Crippen molar-refractivity contribution in [2.45, 2.75) is 24.9 Å². The predicted molar refractivity (Wildman–Crippen MR) is 137 cm³/mol. The Kier molecular flexibility index (Phi) is 8.58. The summed E-state index contributed by atoms with van der Waals surface area (Å²) in [5.74, 6) is -6.20. The first-order chi connectivity index (χ1) is 18.3. The second-order valence-electron chi connectivity index (χ2n) is 8.63. The topological polar surface area (TPSA) is 246 Å². The molecule has 12 N–H and O–H groups in total. The van der Waals surface area contributed by atoms with Crippen LogP contribution in [0.2, 0.25) is 0 Å². The molecule has 0 fully saturated rings. The molecule has 2 unspecified atom stereocenters. The number of nitrogens with one attached hydrogen (secondary N) is 2. The Labute approximate surface area is 221 Å². The van der Waals surface area contributed by atoms with E-state index < -0.39 is 64.1 Å². The van der Waals surface area contributed by atoms with Crippen LogP contribution in [0.15, 0.2) is 48.7 Å². The fraction of sp³-hybridized carbons (Fsp3) is 0.154. The molecule has 0 saturated carbocycles. The number of nitrogens with two attached hydrogens (primary N) is 1. The highest BCUT2D eigenvalue weighted by molar-refractivity contribution is 5.90. The molecule has 13 heteroatoms. The van der Waals surface area contributed by atoms with Crippen LogP contribution < -0.4 is 16.4 Å². The molecule has 0 heterocycles. The largest absolute Gasteiger partial charge is 0.504 e. The van der Waals surface area contributed by atoms with Crippen LogP contribution in [0, 0.1) is 0 Å². The van der Waals surface area contributed by atoms with Gasteiger partial charge >= 0.3 is 0 Å². The van der Waals surface area contributed by atoms with E-state index in [9.17, 15) is 50.4 Å². The van der Waals surface area contributed by atoms with E-state index in [4.69, 9.17) is 5.73 Å². The van der Waals surface area contributed by atoms with Gasteiger partial charge in [-0.15, -0.1) is 0 Å². The zero-order chi connectivity index (χ0) is 28.9. The normalized spacial score (nSPS) is 12.6. The molecule has 0 aliphatic carbocycles. The molecule has 2 amide bonds. The maximum atomic E-state index is 13.0. The van der Waals surface area contributed by atoms with Crippen LogP contribution in [0.1, 0.15) is 16.7 Å².